The normalized spacial score (nSPS) is 29.6. The first-order valence-corrected chi connectivity index (χ1v) is 6.17. The van der Waals surface area contributed by atoms with Crippen LogP contribution < -0.4 is 11.5 Å². The van der Waals surface area contributed by atoms with E-state index in [-0.39, 0.29) is 17.3 Å². The van der Waals surface area contributed by atoms with Gasteiger partial charge >= 0.3 is 125 Å². The van der Waals surface area contributed by atoms with Crippen LogP contribution in [0, 0.1) is 0 Å². The molecule has 1 unspecified atom stereocenters. The van der Waals surface area contributed by atoms with Crippen LogP contribution in [0.4, 0.5) is 0 Å². The van der Waals surface area contributed by atoms with Gasteiger partial charge in [-0.25, -0.2) is 0 Å². The van der Waals surface area contributed by atoms with Gasteiger partial charge in [0.2, 0.25) is 0 Å². The van der Waals surface area contributed by atoms with Crippen molar-refractivity contribution in [2.45, 2.75) is 31.1 Å². The first-order chi connectivity index (χ1) is 9.65. The summed E-state index contributed by atoms with van der Waals surface area (Å²) in [6.45, 7) is 0. The molecule has 0 saturated carbocycles. The van der Waals surface area contributed by atoms with E-state index in [2.05, 4.69) is 29.8 Å². The predicted molar refractivity (Wildman–Crippen MR) is 57.1 cm³/mol. The van der Waals surface area contributed by atoms with Crippen LogP contribution in [-0.2, 0) is 53.7 Å². The Hall–Kier alpha value is -1.81. The van der Waals surface area contributed by atoms with E-state index < -0.39 is 42.1 Å². The van der Waals surface area contributed by atoms with Gasteiger partial charge in [0.15, 0.2) is 0 Å². The zero-order valence-electron chi connectivity index (χ0n) is 10.4. The molecule has 2 heterocycles. The van der Waals surface area contributed by atoms with Gasteiger partial charge in [-0.2, -0.15) is 0 Å². The van der Waals surface area contributed by atoms with Gasteiger partial charge in [-0.3, -0.25) is 0 Å². The standard InChI is InChI=1S/C10H10N2O8.Fe/c11-9(17-5(13)1-2-6(14)18-9)10(12)19-7(15)3-4-8(16)20-10;/h1-3,11-12H2;. The van der Waals surface area contributed by atoms with Gasteiger partial charge in [0.05, 0.1) is 0 Å². The number of cyclic esters (lactones) is 4. The molecular weight excluding hydrogens is 332 g/mol. The number of nitrogens with two attached hydrogens (primary N) is 2. The van der Waals surface area contributed by atoms with E-state index in [0.717, 1.165) is 0 Å². The summed E-state index contributed by atoms with van der Waals surface area (Å²) in [6.07, 6.45) is -1.14. The number of esters is 4. The van der Waals surface area contributed by atoms with Crippen molar-refractivity contribution in [1.29, 1.82) is 0 Å². The van der Waals surface area contributed by atoms with Crippen molar-refractivity contribution in [3.63, 3.8) is 0 Å². The molecule has 0 aromatic rings. The molecule has 4 N–H and O–H groups in total. The zero-order valence-corrected chi connectivity index (χ0v) is 11.5. The van der Waals surface area contributed by atoms with Gasteiger partial charge in [0.1, 0.15) is 0 Å². The second kappa shape index (κ2) is 5.19. The van der Waals surface area contributed by atoms with Crippen molar-refractivity contribution in [3.8, 4) is 0 Å². The second-order valence-corrected chi connectivity index (χ2v) is 4.88. The summed E-state index contributed by atoms with van der Waals surface area (Å²) in [4.78, 5) is 46.1. The van der Waals surface area contributed by atoms with E-state index in [4.69, 9.17) is 16.2 Å². The zero-order chi connectivity index (χ0) is 15.8. The summed E-state index contributed by atoms with van der Waals surface area (Å²) in [7, 11) is 0. The molecule has 116 valence electrons. The Morgan fingerprint density at radius 3 is 1.76 bits per heavy atom. The molecule has 2 aliphatic heterocycles. The first kappa shape index (κ1) is 15.6. The molecule has 2 aliphatic rings. The Balaban J connectivity index is 2.41. The van der Waals surface area contributed by atoms with E-state index in [1.165, 1.54) is 0 Å². The van der Waals surface area contributed by atoms with E-state index in [1.807, 2.05) is 0 Å². The molecule has 2 fully saturated rings. The van der Waals surface area contributed by atoms with Gasteiger partial charge in [-0.05, 0) is 0 Å². The van der Waals surface area contributed by atoms with Crippen LogP contribution in [0.3, 0.4) is 0 Å². The third-order valence-corrected chi connectivity index (χ3v) is 2.99. The monoisotopic (exact) mass is 342 g/mol. The van der Waals surface area contributed by atoms with Crippen molar-refractivity contribution in [1.82, 2.24) is 0 Å². The minimum absolute atomic E-state index is 0.248. The number of hydrogen-bond acceptors (Lipinski definition) is 10. The van der Waals surface area contributed by atoms with Crippen LogP contribution in [0.15, 0.2) is 0 Å². The van der Waals surface area contributed by atoms with Crippen LogP contribution in [-0.4, -0.2) is 40.1 Å². The van der Waals surface area contributed by atoms with Crippen molar-refractivity contribution >= 4 is 28.3 Å². The van der Waals surface area contributed by atoms with Gasteiger partial charge < -0.3 is 0 Å². The van der Waals surface area contributed by atoms with E-state index in [0.29, 0.717) is 0 Å². The van der Waals surface area contributed by atoms with Gasteiger partial charge in [-0.1, -0.05) is 0 Å². The summed E-state index contributed by atoms with van der Waals surface area (Å²) in [5.74, 6) is -9.63. The molecule has 1 atom stereocenters. The topological polar surface area (TPSA) is 157 Å². The Labute approximate surface area is 125 Å². The molecule has 0 spiro atoms. The molecule has 0 aliphatic carbocycles. The second-order valence-electron chi connectivity index (χ2n) is 4.21. The molecule has 0 amide bonds. The fourth-order valence-corrected chi connectivity index (χ4v) is 1.78. The fraction of sp³-hybridized carbons (Fsp3) is 0.500. The van der Waals surface area contributed by atoms with Crippen LogP contribution in [0.25, 0.3) is 0 Å². The molecule has 2 rings (SSSR count). The Bertz CT molecular complexity index is 543. The summed E-state index contributed by atoms with van der Waals surface area (Å²) >= 11 is 3.30. The molecule has 0 aromatic carbocycles. The van der Waals surface area contributed by atoms with Crippen LogP contribution in [0.1, 0.15) is 19.3 Å². The SMILES string of the molecule is NC1(C2(N)OC(=O)C[C](=[Fe])C(=O)O2)OC(=O)CCC(=O)O1. The Morgan fingerprint density at radius 1 is 0.810 bits per heavy atom. The van der Waals surface area contributed by atoms with Crippen molar-refractivity contribution < 1.29 is 53.7 Å². The van der Waals surface area contributed by atoms with Gasteiger partial charge in [0, 0.05) is 0 Å². The summed E-state index contributed by atoms with van der Waals surface area (Å²) < 4.78 is 18.5. The molecule has 0 bridgehead atoms. The molecule has 10 nitrogen and oxygen atoms in total. The van der Waals surface area contributed by atoms with Crippen LogP contribution in [0.5, 0.6) is 0 Å². The quantitative estimate of drug-likeness (QED) is 0.379. The number of ether oxygens (including phenoxy) is 4. The molecule has 2 saturated heterocycles. The average molecular weight is 342 g/mol. The van der Waals surface area contributed by atoms with Crippen molar-refractivity contribution in [2.24, 2.45) is 11.5 Å². The summed E-state index contributed by atoms with van der Waals surface area (Å²) in [6, 6.07) is 0. The van der Waals surface area contributed by atoms with Gasteiger partial charge in [-0.15, -0.1) is 0 Å². The molecule has 0 aromatic heterocycles. The third kappa shape index (κ3) is 2.95. The van der Waals surface area contributed by atoms with E-state index in [9.17, 15) is 19.2 Å². The number of carbonyl (C=O) groups excluding carboxylic acids is 4. The van der Waals surface area contributed by atoms with E-state index >= 15 is 0 Å². The summed E-state index contributed by atoms with van der Waals surface area (Å²) in [5, 5.41) is 0. The van der Waals surface area contributed by atoms with Crippen molar-refractivity contribution in [2.75, 3.05) is 0 Å². The number of carbonyl (C=O) groups is 4. The Morgan fingerprint density at radius 2 is 1.24 bits per heavy atom. The third-order valence-electron chi connectivity index (χ3n) is 2.57. The summed E-state index contributed by atoms with van der Waals surface area (Å²) in [5.41, 5.74) is 11.2. The number of rotatable bonds is 1. The minimum atomic E-state index is -2.82. The number of hydrogen-bond donors (Lipinski definition) is 2. The van der Waals surface area contributed by atoms with Crippen LogP contribution in [0.2, 0.25) is 0 Å². The maximum atomic E-state index is 11.6. The molecule has 11 heteroatoms. The maximum absolute atomic E-state index is 11.6. The average Bonchev–Trinajstić information content (AvgIpc) is 2.53. The fourth-order valence-electron chi connectivity index (χ4n) is 1.56. The molecular formula is C10H10FeN2O8. The molecule has 0 radical (unpaired) electrons. The van der Waals surface area contributed by atoms with E-state index in [1.54, 1.807) is 0 Å². The van der Waals surface area contributed by atoms with Crippen LogP contribution >= 0.6 is 0 Å². The predicted octanol–water partition coefficient (Wildman–Crippen LogP) is -2.70. The van der Waals surface area contributed by atoms with Gasteiger partial charge in [0.25, 0.3) is 0 Å². The van der Waals surface area contributed by atoms with Crippen molar-refractivity contribution in [3.05, 3.63) is 0 Å². The first-order valence-electron chi connectivity index (χ1n) is 5.62. The Kier molecular flexibility index (Phi) is 3.85. The molecule has 21 heavy (non-hydrogen) atoms.